The van der Waals surface area contributed by atoms with Crippen molar-refractivity contribution in [2.75, 3.05) is 45.7 Å². The third-order valence-corrected chi connectivity index (χ3v) is 6.23. The maximum absolute atomic E-state index is 12.9. The van der Waals surface area contributed by atoms with Crippen LogP contribution in [0.1, 0.15) is 25.3 Å². The van der Waals surface area contributed by atoms with E-state index in [1.54, 1.807) is 24.3 Å². The number of likely N-dealkylation sites (tertiary alicyclic amines) is 1. The van der Waals surface area contributed by atoms with Crippen molar-refractivity contribution in [3.05, 3.63) is 41.0 Å². The largest absolute Gasteiger partial charge is 0.495 e. The Morgan fingerprint density at radius 1 is 1.37 bits per heavy atom. The summed E-state index contributed by atoms with van der Waals surface area (Å²) >= 11 is 6.72. The monoisotopic (exact) mass is 501 g/mol. The summed E-state index contributed by atoms with van der Waals surface area (Å²) in [7, 11) is 3.36. The van der Waals surface area contributed by atoms with Gasteiger partial charge in [0.15, 0.2) is 0 Å². The highest BCUT2D eigenvalue weighted by Crippen LogP contribution is 2.38. The molecule has 2 amide bonds. The van der Waals surface area contributed by atoms with Crippen LogP contribution in [0.25, 0.3) is 11.0 Å². The Morgan fingerprint density at radius 2 is 2.17 bits per heavy atom. The van der Waals surface area contributed by atoms with Gasteiger partial charge in [0.25, 0.3) is 5.91 Å². The smallest absolute Gasteiger partial charge is 0.259 e. The highest BCUT2D eigenvalue weighted by Gasteiger charge is 2.28. The van der Waals surface area contributed by atoms with Gasteiger partial charge in [-0.3, -0.25) is 14.9 Å². The van der Waals surface area contributed by atoms with Crippen molar-refractivity contribution in [2.45, 2.75) is 25.3 Å². The Kier molecular flexibility index (Phi) is 9.41. The number of anilines is 1. The predicted octanol–water partition coefficient (Wildman–Crippen LogP) is 2.50. The molecule has 0 radical (unpaired) electrons. The summed E-state index contributed by atoms with van der Waals surface area (Å²) in [6.45, 7) is 1.80. The molecule has 1 atom stereocenters. The van der Waals surface area contributed by atoms with Gasteiger partial charge in [-0.25, -0.2) is 4.98 Å². The van der Waals surface area contributed by atoms with Crippen LogP contribution >= 0.6 is 11.6 Å². The van der Waals surface area contributed by atoms with E-state index >= 15 is 0 Å². The molecule has 1 aromatic carbocycles. The molecule has 2 aromatic rings. The summed E-state index contributed by atoms with van der Waals surface area (Å²) in [6, 6.07) is 3.31. The lowest BCUT2D eigenvalue weighted by molar-refractivity contribution is -0.126. The molecule has 0 aliphatic carbocycles. The molecule has 188 valence electrons. The first-order valence-corrected chi connectivity index (χ1v) is 11.9. The molecule has 3 rings (SSSR count). The quantitative estimate of drug-likeness (QED) is 0.307. The lowest BCUT2D eigenvalue weighted by Crippen LogP contribution is -2.35. The van der Waals surface area contributed by atoms with E-state index in [0.29, 0.717) is 41.4 Å². The average molecular weight is 502 g/mol. The fourth-order valence-electron chi connectivity index (χ4n) is 4.16. The minimum Gasteiger partial charge on any atom is -0.495 e. The Labute approximate surface area is 209 Å². The van der Waals surface area contributed by atoms with Crippen molar-refractivity contribution >= 4 is 46.6 Å². The standard InChI is InChI=1S/C24H32ClN7O3/c1-28-12-5-7-20(33)31-13-4-3-6-17(15-31)32-22-18(8-9-19(35-2)21(22)25)29-24(32)30-23(34)16(14-27)10-11-26/h5,7-10,14,17,27-28H,3-4,6,11-13,15,26H2,1-2H3,(H,29,30,34)/b7-5+,16-10+,27-14?/t17-/m1/s1. The molecule has 35 heavy (non-hydrogen) atoms. The number of methoxy groups -OCH3 is 1. The summed E-state index contributed by atoms with van der Waals surface area (Å²) in [5.41, 5.74) is 6.87. The van der Waals surface area contributed by atoms with Gasteiger partial charge in [-0.15, -0.1) is 0 Å². The van der Waals surface area contributed by atoms with Gasteiger partial charge in [0.1, 0.15) is 10.8 Å². The summed E-state index contributed by atoms with van der Waals surface area (Å²) < 4.78 is 7.30. The SMILES string of the molecule is CNC/C=C/C(=O)N1CCCC[C@@H](n2c(NC(=O)/C(C=N)=C/CN)nc3ccc(OC)c(Cl)c32)C1. The number of nitrogens with one attached hydrogen (secondary N) is 3. The van der Waals surface area contributed by atoms with Crippen LogP contribution in [0.5, 0.6) is 5.75 Å². The third kappa shape index (κ3) is 6.08. The van der Waals surface area contributed by atoms with Gasteiger partial charge in [-0.2, -0.15) is 0 Å². The molecule has 0 spiro atoms. The second kappa shape index (κ2) is 12.5. The predicted molar refractivity (Wildman–Crippen MR) is 138 cm³/mol. The van der Waals surface area contributed by atoms with Crippen LogP contribution < -0.4 is 21.1 Å². The second-order valence-electron chi connectivity index (χ2n) is 8.14. The molecule has 1 fully saturated rings. The summed E-state index contributed by atoms with van der Waals surface area (Å²) in [6.07, 6.45) is 8.32. The number of benzene rings is 1. The first-order valence-electron chi connectivity index (χ1n) is 11.5. The normalized spacial score (nSPS) is 17.0. The van der Waals surface area contributed by atoms with Crippen molar-refractivity contribution in [2.24, 2.45) is 5.73 Å². The molecule has 2 heterocycles. The van der Waals surface area contributed by atoms with E-state index in [0.717, 1.165) is 25.5 Å². The Hall–Kier alpha value is -3.21. The highest BCUT2D eigenvalue weighted by atomic mass is 35.5. The fourth-order valence-corrected chi connectivity index (χ4v) is 4.49. The number of hydrogen-bond acceptors (Lipinski definition) is 7. The van der Waals surface area contributed by atoms with Crippen molar-refractivity contribution in [1.82, 2.24) is 19.8 Å². The summed E-state index contributed by atoms with van der Waals surface area (Å²) in [4.78, 5) is 32.2. The second-order valence-corrected chi connectivity index (χ2v) is 8.52. The van der Waals surface area contributed by atoms with Crippen LogP contribution in [0.2, 0.25) is 5.02 Å². The molecular weight excluding hydrogens is 470 g/mol. The maximum Gasteiger partial charge on any atom is 0.259 e. The molecule has 0 unspecified atom stereocenters. The molecular formula is C24H32ClN7O3. The molecule has 1 aliphatic heterocycles. The van der Waals surface area contributed by atoms with Crippen LogP contribution in [-0.4, -0.2) is 72.8 Å². The van der Waals surface area contributed by atoms with Crippen LogP contribution in [0, 0.1) is 5.41 Å². The van der Waals surface area contributed by atoms with E-state index < -0.39 is 5.91 Å². The molecule has 10 nitrogen and oxygen atoms in total. The van der Waals surface area contributed by atoms with Gasteiger partial charge in [0.2, 0.25) is 11.9 Å². The van der Waals surface area contributed by atoms with Crippen LogP contribution in [0.15, 0.2) is 35.9 Å². The van der Waals surface area contributed by atoms with Crippen molar-refractivity contribution in [1.29, 1.82) is 5.41 Å². The van der Waals surface area contributed by atoms with Crippen molar-refractivity contribution < 1.29 is 14.3 Å². The topological polar surface area (TPSA) is 138 Å². The third-order valence-electron chi connectivity index (χ3n) is 5.86. The maximum atomic E-state index is 12.9. The molecule has 5 N–H and O–H groups in total. The zero-order valence-corrected chi connectivity index (χ0v) is 20.8. The number of nitrogens with zero attached hydrogens (tertiary/aromatic N) is 3. The van der Waals surface area contributed by atoms with Gasteiger partial charge in [-0.1, -0.05) is 23.8 Å². The van der Waals surface area contributed by atoms with E-state index in [1.807, 2.05) is 16.5 Å². The van der Waals surface area contributed by atoms with Crippen molar-refractivity contribution in [3.63, 3.8) is 0 Å². The van der Waals surface area contributed by atoms with Crippen LogP contribution in [0.4, 0.5) is 5.95 Å². The van der Waals surface area contributed by atoms with Gasteiger partial charge in [0, 0.05) is 38.5 Å². The number of rotatable bonds is 9. The average Bonchev–Trinajstić information content (AvgIpc) is 3.04. The molecule has 0 bridgehead atoms. The van der Waals surface area contributed by atoms with E-state index in [4.69, 9.17) is 27.5 Å². The molecule has 1 aliphatic rings. The zero-order valence-electron chi connectivity index (χ0n) is 20.0. The first kappa shape index (κ1) is 26.4. The fraction of sp³-hybridized carbons (Fsp3) is 0.417. The Balaban J connectivity index is 2.07. The lowest BCUT2D eigenvalue weighted by atomic mass is 10.1. The van der Waals surface area contributed by atoms with Crippen LogP contribution in [-0.2, 0) is 9.59 Å². The van der Waals surface area contributed by atoms with E-state index in [1.165, 1.54) is 13.2 Å². The number of hydrogen-bond donors (Lipinski definition) is 4. The number of amides is 2. The minimum atomic E-state index is -0.498. The summed E-state index contributed by atoms with van der Waals surface area (Å²) in [5, 5.41) is 13.7. The molecule has 1 saturated heterocycles. The number of fused-ring (bicyclic) bond motifs is 1. The number of carbonyl (C=O) groups excluding carboxylic acids is 2. The summed E-state index contributed by atoms with van der Waals surface area (Å²) in [5.74, 6) is 0.206. The molecule has 0 saturated carbocycles. The van der Waals surface area contributed by atoms with Gasteiger partial charge in [-0.05, 0) is 38.4 Å². The lowest BCUT2D eigenvalue weighted by Gasteiger charge is -2.26. The number of nitrogens with two attached hydrogens (primary N) is 1. The number of ether oxygens (including phenoxy) is 1. The van der Waals surface area contributed by atoms with E-state index in [2.05, 4.69) is 15.6 Å². The van der Waals surface area contributed by atoms with Crippen molar-refractivity contribution in [3.8, 4) is 5.75 Å². The number of aromatic nitrogens is 2. The number of imidazole rings is 1. The van der Waals surface area contributed by atoms with E-state index in [-0.39, 0.29) is 30.0 Å². The number of carbonyl (C=O) groups is 2. The molecule has 11 heteroatoms. The zero-order chi connectivity index (χ0) is 25.4. The van der Waals surface area contributed by atoms with Gasteiger partial charge < -0.3 is 30.7 Å². The van der Waals surface area contributed by atoms with E-state index in [9.17, 15) is 9.59 Å². The van der Waals surface area contributed by atoms with Gasteiger partial charge in [0.05, 0.1) is 29.8 Å². The first-order chi connectivity index (χ1) is 16.9. The Morgan fingerprint density at radius 3 is 2.86 bits per heavy atom. The van der Waals surface area contributed by atoms with Crippen LogP contribution in [0.3, 0.4) is 0 Å². The molecule has 1 aromatic heterocycles. The van der Waals surface area contributed by atoms with Gasteiger partial charge >= 0.3 is 0 Å². The Bertz CT molecular complexity index is 1140. The minimum absolute atomic E-state index is 0.0668. The highest BCUT2D eigenvalue weighted by molar-refractivity contribution is 6.36. The number of halogens is 1. The number of likely N-dealkylation sites (N-methyl/N-ethyl adjacent to an activating group) is 1.